The molecule has 0 unspecified atom stereocenters. The molecule has 1 aliphatic rings. The zero-order chi connectivity index (χ0) is 12.5. The Bertz CT molecular complexity index is 446. The normalized spacial score (nSPS) is 17.4. The quantitative estimate of drug-likeness (QED) is 0.900. The molecule has 1 aromatic carbocycles. The van der Waals surface area contributed by atoms with E-state index in [4.69, 9.17) is 17.3 Å². The Morgan fingerprint density at radius 2 is 2.24 bits per heavy atom. The Morgan fingerprint density at radius 1 is 1.53 bits per heavy atom. The molecule has 0 radical (unpaired) electrons. The Balaban J connectivity index is 1.99. The van der Waals surface area contributed by atoms with Crippen LogP contribution in [0.15, 0.2) is 22.7 Å². The molecule has 0 atom stereocenters. The lowest BCUT2D eigenvalue weighted by molar-refractivity contribution is 0.0930. The van der Waals surface area contributed by atoms with E-state index in [2.05, 4.69) is 21.2 Å². The number of halogens is 2. The van der Waals surface area contributed by atoms with Crippen LogP contribution in [0, 0.1) is 0 Å². The van der Waals surface area contributed by atoms with Crippen molar-refractivity contribution in [1.29, 1.82) is 0 Å². The first-order chi connectivity index (χ1) is 8.00. The molecular formula is C12H14BrClN2O. The van der Waals surface area contributed by atoms with E-state index in [-0.39, 0.29) is 11.4 Å². The smallest absolute Gasteiger partial charge is 0.252 e. The second-order valence-corrected chi connectivity index (χ2v) is 5.85. The van der Waals surface area contributed by atoms with E-state index in [1.807, 2.05) is 0 Å². The van der Waals surface area contributed by atoms with Crippen molar-refractivity contribution < 1.29 is 4.79 Å². The summed E-state index contributed by atoms with van der Waals surface area (Å²) in [4.78, 5) is 11.9. The Labute approximate surface area is 114 Å². The van der Waals surface area contributed by atoms with Gasteiger partial charge in [0.15, 0.2) is 0 Å². The van der Waals surface area contributed by atoms with Gasteiger partial charge in [-0.15, -0.1) is 0 Å². The van der Waals surface area contributed by atoms with Crippen LogP contribution in [0.4, 0.5) is 0 Å². The minimum Gasteiger partial charge on any atom is -0.350 e. The average Bonchev–Trinajstić information content (AvgIpc) is 2.23. The lowest BCUT2D eigenvalue weighted by Crippen LogP contribution is -2.54. The molecule has 5 heteroatoms. The van der Waals surface area contributed by atoms with Gasteiger partial charge in [-0.3, -0.25) is 4.79 Å². The largest absolute Gasteiger partial charge is 0.350 e. The van der Waals surface area contributed by atoms with Crippen molar-refractivity contribution >= 4 is 33.4 Å². The predicted molar refractivity (Wildman–Crippen MR) is 72.3 cm³/mol. The highest BCUT2D eigenvalue weighted by molar-refractivity contribution is 9.10. The summed E-state index contributed by atoms with van der Waals surface area (Å²) in [6.45, 7) is 0.512. The third kappa shape index (κ3) is 3.00. The molecule has 0 saturated heterocycles. The molecule has 1 aliphatic carbocycles. The fraction of sp³-hybridized carbons (Fsp3) is 0.417. The van der Waals surface area contributed by atoms with Crippen LogP contribution in [-0.2, 0) is 0 Å². The number of nitrogens with one attached hydrogen (secondary N) is 1. The summed E-state index contributed by atoms with van der Waals surface area (Å²) in [5.41, 5.74) is 6.31. The Hall–Kier alpha value is -0.580. The van der Waals surface area contributed by atoms with Crippen LogP contribution in [0.3, 0.4) is 0 Å². The molecule has 1 saturated carbocycles. The molecule has 0 spiro atoms. The van der Waals surface area contributed by atoms with E-state index in [9.17, 15) is 4.79 Å². The molecule has 2 rings (SSSR count). The lowest BCUT2D eigenvalue weighted by atomic mass is 9.78. The fourth-order valence-electron chi connectivity index (χ4n) is 1.83. The monoisotopic (exact) mass is 316 g/mol. The molecule has 3 nitrogen and oxygen atoms in total. The Morgan fingerprint density at radius 3 is 2.76 bits per heavy atom. The van der Waals surface area contributed by atoms with Crippen LogP contribution in [0.2, 0.25) is 5.02 Å². The first kappa shape index (κ1) is 12.9. The van der Waals surface area contributed by atoms with Crippen LogP contribution in [0.25, 0.3) is 0 Å². The van der Waals surface area contributed by atoms with E-state index in [0.29, 0.717) is 17.1 Å². The average molecular weight is 318 g/mol. The third-order valence-electron chi connectivity index (χ3n) is 3.13. The van der Waals surface area contributed by atoms with Gasteiger partial charge in [-0.25, -0.2) is 0 Å². The number of hydrogen-bond acceptors (Lipinski definition) is 2. The van der Waals surface area contributed by atoms with Crippen LogP contribution >= 0.6 is 27.5 Å². The fourth-order valence-corrected chi connectivity index (χ4v) is 2.59. The predicted octanol–water partition coefficient (Wildman–Crippen LogP) is 2.71. The molecule has 1 fully saturated rings. The summed E-state index contributed by atoms with van der Waals surface area (Å²) >= 11 is 9.30. The van der Waals surface area contributed by atoms with Gasteiger partial charge in [0, 0.05) is 16.6 Å². The minimum absolute atomic E-state index is 0.167. The maximum absolute atomic E-state index is 11.9. The highest BCUT2D eigenvalue weighted by Gasteiger charge is 2.32. The topological polar surface area (TPSA) is 55.1 Å². The molecule has 1 amide bonds. The van der Waals surface area contributed by atoms with Crippen molar-refractivity contribution in [3.63, 3.8) is 0 Å². The van der Waals surface area contributed by atoms with Gasteiger partial charge >= 0.3 is 0 Å². The number of amides is 1. The van der Waals surface area contributed by atoms with Crippen molar-refractivity contribution in [3.05, 3.63) is 33.3 Å². The number of rotatable bonds is 3. The summed E-state index contributed by atoms with van der Waals surface area (Å²) in [6.07, 6.45) is 3.09. The molecule has 3 N–H and O–H groups in total. The van der Waals surface area contributed by atoms with Crippen molar-refractivity contribution in [2.75, 3.05) is 6.54 Å². The molecule has 0 aromatic heterocycles. The molecular weight excluding hydrogens is 304 g/mol. The molecule has 0 aliphatic heterocycles. The highest BCUT2D eigenvalue weighted by atomic mass is 79.9. The first-order valence-corrected chi connectivity index (χ1v) is 6.69. The molecule has 0 heterocycles. The van der Waals surface area contributed by atoms with Crippen LogP contribution in [-0.4, -0.2) is 18.0 Å². The maximum Gasteiger partial charge on any atom is 0.252 e. The minimum atomic E-state index is -0.211. The number of hydrogen-bond donors (Lipinski definition) is 2. The molecule has 92 valence electrons. The highest BCUT2D eigenvalue weighted by Crippen LogP contribution is 2.28. The summed E-state index contributed by atoms with van der Waals surface area (Å²) < 4.78 is 0.855. The van der Waals surface area contributed by atoms with E-state index in [1.54, 1.807) is 18.2 Å². The van der Waals surface area contributed by atoms with Crippen molar-refractivity contribution in [1.82, 2.24) is 5.32 Å². The van der Waals surface area contributed by atoms with E-state index < -0.39 is 0 Å². The van der Waals surface area contributed by atoms with E-state index in [1.165, 1.54) is 0 Å². The van der Waals surface area contributed by atoms with Gasteiger partial charge in [-0.2, -0.15) is 0 Å². The molecule has 0 bridgehead atoms. The lowest BCUT2D eigenvalue weighted by Gasteiger charge is -2.38. The summed E-state index contributed by atoms with van der Waals surface area (Å²) in [5, 5.41) is 3.28. The van der Waals surface area contributed by atoms with Gasteiger partial charge in [0.25, 0.3) is 5.91 Å². The van der Waals surface area contributed by atoms with Crippen LogP contribution in [0.1, 0.15) is 29.6 Å². The summed E-state index contributed by atoms with van der Waals surface area (Å²) in [7, 11) is 0. The van der Waals surface area contributed by atoms with E-state index in [0.717, 1.165) is 23.7 Å². The van der Waals surface area contributed by atoms with Gasteiger partial charge in [-0.1, -0.05) is 27.5 Å². The van der Waals surface area contributed by atoms with Crippen LogP contribution < -0.4 is 11.1 Å². The second-order valence-electron chi connectivity index (χ2n) is 4.52. The second kappa shape index (κ2) is 4.96. The summed E-state index contributed by atoms with van der Waals surface area (Å²) in [5.74, 6) is -0.167. The van der Waals surface area contributed by atoms with Gasteiger partial charge in [0.1, 0.15) is 0 Å². The van der Waals surface area contributed by atoms with Crippen molar-refractivity contribution in [2.24, 2.45) is 5.73 Å². The van der Waals surface area contributed by atoms with E-state index >= 15 is 0 Å². The number of carbonyl (C=O) groups excluding carboxylic acids is 1. The molecule has 17 heavy (non-hydrogen) atoms. The standard InChI is InChI=1S/C12H14BrClN2O/c13-8-2-3-9(10(14)6-8)11(17)16-7-12(15)4-1-5-12/h2-3,6H,1,4-5,7,15H2,(H,16,17). The van der Waals surface area contributed by atoms with Gasteiger partial charge in [0.05, 0.1) is 10.6 Å². The van der Waals surface area contributed by atoms with Gasteiger partial charge < -0.3 is 11.1 Å². The zero-order valence-electron chi connectivity index (χ0n) is 9.30. The maximum atomic E-state index is 11.9. The number of nitrogens with two attached hydrogens (primary N) is 1. The number of carbonyl (C=O) groups is 1. The van der Waals surface area contributed by atoms with Crippen molar-refractivity contribution in [2.45, 2.75) is 24.8 Å². The van der Waals surface area contributed by atoms with Crippen LogP contribution in [0.5, 0.6) is 0 Å². The first-order valence-electron chi connectivity index (χ1n) is 5.52. The third-order valence-corrected chi connectivity index (χ3v) is 3.93. The summed E-state index contributed by atoms with van der Waals surface area (Å²) in [6, 6.07) is 5.20. The molecule has 1 aromatic rings. The van der Waals surface area contributed by atoms with Crippen molar-refractivity contribution in [3.8, 4) is 0 Å². The van der Waals surface area contributed by atoms with Gasteiger partial charge in [-0.05, 0) is 37.5 Å². The Kier molecular flexibility index (Phi) is 3.76. The number of benzene rings is 1. The van der Waals surface area contributed by atoms with Gasteiger partial charge in [0.2, 0.25) is 0 Å². The SMILES string of the molecule is NC1(CNC(=O)c2ccc(Br)cc2Cl)CCC1. The zero-order valence-corrected chi connectivity index (χ0v) is 11.6.